The summed E-state index contributed by atoms with van der Waals surface area (Å²) >= 11 is 2.93. The molecule has 0 aliphatic heterocycles. The standard InChI is InChI=1S/C11H8BrF5O2/c1-2-19-8-4-3-6(5-7(8)12)9(18)10(13,14)11(15,16)17/h3-5H,2H2,1H3. The van der Waals surface area contributed by atoms with Crippen LogP contribution < -0.4 is 4.74 Å². The molecule has 0 radical (unpaired) electrons. The summed E-state index contributed by atoms with van der Waals surface area (Å²) in [4.78, 5) is 11.2. The van der Waals surface area contributed by atoms with Gasteiger partial charge in [0.15, 0.2) is 0 Å². The van der Waals surface area contributed by atoms with Gasteiger partial charge in [-0.25, -0.2) is 0 Å². The summed E-state index contributed by atoms with van der Waals surface area (Å²) in [5.74, 6) is -7.47. The molecule has 0 saturated heterocycles. The SMILES string of the molecule is CCOc1ccc(C(=O)C(F)(F)C(F)(F)F)cc1Br. The number of ether oxygens (including phenoxy) is 1. The van der Waals surface area contributed by atoms with Crippen LogP contribution in [-0.2, 0) is 0 Å². The Kier molecular flexibility index (Phi) is 4.54. The Balaban J connectivity index is 3.11. The van der Waals surface area contributed by atoms with E-state index in [2.05, 4.69) is 15.9 Å². The van der Waals surface area contributed by atoms with Gasteiger partial charge >= 0.3 is 12.1 Å². The van der Waals surface area contributed by atoms with E-state index >= 15 is 0 Å². The average Bonchev–Trinajstić information content (AvgIpc) is 2.29. The molecule has 0 amide bonds. The van der Waals surface area contributed by atoms with Crippen molar-refractivity contribution in [2.24, 2.45) is 0 Å². The van der Waals surface area contributed by atoms with E-state index in [4.69, 9.17) is 4.74 Å². The summed E-state index contributed by atoms with van der Waals surface area (Å²) in [7, 11) is 0. The molecule has 1 rings (SSSR count). The molecule has 0 N–H and O–H groups in total. The van der Waals surface area contributed by atoms with Gasteiger partial charge in [-0.3, -0.25) is 4.79 Å². The zero-order valence-electron chi connectivity index (χ0n) is 9.52. The number of halogens is 6. The number of carbonyl (C=O) groups excluding carboxylic acids is 1. The molecule has 106 valence electrons. The number of ketones is 1. The van der Waals surface area contributed by atoms with Gasteiger partial charge in [-0.15, -0.1) is 0 Å². The van der Waals surface area contributed by atoms with Crippen LogP contribution in [0.4, 0.5) is 22.0 Å². The van der Waals surface area contributed by atoms with Crippen LogP contribution in [0.5, 0.6) is 5.75 Å². The first-order chi connectivity index (χ1) is 8.61. The molecule has 0 aromatic heterocycles. The van der Waals surface area contributed by atoms with Gasteiger partial charge in [0.05, 0.1) is 11.1 Å². The number of carbonyl (C=O) groups is 1. The summed E-state index contributed by atoms with van der Waals surface area (Å²) in [5.41, 5.74) is -0.752. The van der Waals surface area contributed by atoms with Gasteiger partial charge in [0, 0.05) is 5.56 Å². The molecule has 0 aliphatic carbocycles. The molecule has 0 unspecified atom stereocenters. The van der Waals surface area contributed by atoms with Crippen molar-refractivity contribution >= 4 is 21.7 Å². The van der Waals surface area contributed by atoms with Crippen LogP contribution in [-0.4, -0.2) is 24.5 Å². The molecule has 8 heteroatoms. The van der Waals surface area contributed by atoms with Gasteiger partial charge in [-0.2, -0.15) is 22.0 Å². The van der Waals surface area contributed by atoms with Crippen molar-refractivity contribution in [3.05, 3.63) is 28.2 Å². The molecule has 1 aromatic rings. The van der Waals surface area contributed by atoms with Gasteiger partial charge in [0.2, 0.25) is 5.78 Å². The number of hydrogen-bond acceptors (Lipinski definition) is 2. The zero-order chi connectivity index (χ0) is 14.8. The number of Topliss-reactive ketones (excluding diaryl/α,β-unsaturated/α-hetero) is 1. The van der Waals surface area contributed by atoms with Gasteiger partial charge < -0.3 is 4.74 Å². The molecule has 19 heavy (non-hydrogen) atoms. The maximum Gasteiger partial charge on any atom is 0.461 e. The van der Waals surface area contributed by atoms with Crippen molar-refractivity contribution in [2.75, 3.05) is 6.61 Å². The number of benzene rings is 1. The molecule has 2 nitrogen and oxygen atoms in total. The molecular weight excluding hydrogens is 339 g/mol. The Bertz CT molecular complexity index is 484. The fourth-order valence-corrected chi connectivity index (χ4v) is 1.72. The predicted octanol–water partition coefficient (Wildman–Crippen LogP) is 4.23. The Morgan fingerprint density at radius 3 is 2.26 bits per heavy atom. The van der Waals surface area contributed by atoms with Crippen LogP contribution in [0.1, 0.15) is 17.3 Å². The lowest BCUT2D eigenvalue weighted by Crippen LogP contribution is -2.44. The van der Waals surface area contributed by atoms with Crippen molar-refractivity contribution in [2.45, 2.75) is 19.0 Å². The zero-order valence-corrected chi connectivity index (χ0v) is 11.1. The minimum Gasteiger partial charge on any atom is -0.493 e. The molecule has 0 heterocycles. The highest BCUT2D eigenvalue weighted by Crippen LogP contribution is 2.39. The maximum absolute atomic E-state index is 12.9. The van der Waals surface area contributed by atoms with Crippen LogP contribution in [0.3, 0.4) is 0 Å². The van der Waals surface area contributed by atoms with E-state index in [0.717, 1.165) is 18.2 Å². The Morgan fingerprint density at radius 2 is 1.84 bits per heavy atom. The normalized spacial score (nSPS) is 12.4. The van der Waals surface area contributed by atoms with E-state index in [1.807, 2.05) is 0 Å². The summed E-state index contributed by atoms with van der Waals surface area (Å²) in [6.07, 6.45) is -5.92. The van der Waals surface area contributed by atoms with Crippen molar-refractivity contribution in [1.29, 1.82) is 0 Å². The number of rotatable bonds is 4. The molecule has 0 spiro atoms. The van der Waals surface area contributed by atoms with E-state index in [1.54, 1.807) is 6.92 Å². The minimum atomic E-state index is -5.92. The van der Waals surface area contributed by atoms with Crippen LogP contribution in [0.2, 0.25) is 0 Å². The topological polar surface area (TPSA) is 26.3 Å². The van der Waals surface area contributed by atoms with E-state index in [-0.39, 0.29) is 16.8 Å². The van der Waals surface area contributed by atoms with E-state index in [0.29, 0.717) is 0 Å². The maximum atomic E-state index is 12.9. The second-order valence-corrected chi connectivity index (χ2v) is 4.33. The van der Waals surface area contributed by atoms with E-state index in [1.165, 1.54) is 0 Å². The summed E-state index contributed by atoms with van der Waals surface area (Å²) in [6, 6.07) is 2.87. The first-order valence-corrected chi connectivity index (χ1v) is 5.82. The third-order valence-corrected chi connectivity index (χ3v) is 2.75. The molecule has 0 aliphatic rings. The Morgan fingerprint density at radius 1 is 1.26 bits per heavy atom. The van der Waals surface area contributed by atoms with Gasteiger partial charge in [0.25, 0.3) is 0 Å². The number of hydrogen-bond donors (Lipinski definition) is 0. The molecule has 0 saturated carbocycles. The minimum absolute atomic E-state index is 0.123. The first kappa shape index (κ1) is 15.9. The van der Waals surface area contributed by atoms with Gasteiger partial charge in [0.1, 0.15) is 5.75 Å². The first-order valence-electron chi connectivity index (χ1n) is 5.03. The summed E-state index contributed by atoms with van der Waals surface area (Å²) in [6.45, 7) is 1.95. The largest absolute Gasteiger partial charge is 0.493 e. The molecular formula is C11H8BrF5O2. The third-order valence-electron chi connectivity index (χ3n) is 2.14. The molecule has 0 bridgehead atoms. The van der Waals surface area contributed by atoms with Crippen molar-refractivity contribution < 1.29 is 31.5 Å². The Hall–Kier alpha value is -1.18. The lowest BCUT2D eigenvalue weighted by Gasteiger charge is -2.18. The quantitative estimate of drug-likeness (QED) is 0.602. The van der Waals surface area contributed by atoms with Crippen molar-refractivity contribution in [1.82, 2.24) is 0 Å². The monoisotopic (exact) mass is 346 g/mol. The molecule has 0 fully saturated rings. The van der Waals surface area contributed by atoms with Gasteiger partial charge in [-0.05, 0) is 41.1 Å². The van der Waals surface area contributed by atoms with Crippen LogP contribution >= 0.6 is 15.9 Å². The summed E-state index contributed by atoms with van der Waals surface area (Å²) in [5, 5.41) is 0. The molecule has 0 atom stereocenters. The fourth-order valence-electron chi connectivity index (χ4n) is 1.22. The average molecular weight is 347 g/mol. The lowest BCUT2D eigenvalue weighted by molar-refractivity contribution is -0.255. The van der Waals surface area contributed by atoms with E-state index in [9.17, 15) is 26.7 Å². The smallest absolute Gasteiger partial charge is 0.461 e. The summed E-state index contributed by atoms with van der Waals surface area (Å²) < 4.78 is 67.1. The lowest BCUT2D eigenvalue weighted by atomic mass is 10.1. The van der Waals surface area contributed by atoms with Crippen molar-refractivity contribution in [3.8, 4) is 5.75 Å². The second-order valence-electron chi connectivity index (χ2n) is 3.48. The fraction of sp³-hybridized carbons (Fsp3) is 0.364. The highest BCUT2D eigenvalue weighted by Gasteiger charge is 2.63. The highest BCUT2D eigenvalue weighted by atomic mass is 79.9. The van der Waals surface area contributed by atoms with Crippen LogP contribution in [0.25, 0.3) is 0 Å². The number of alkyl halides is 5. The van der Waals surface area contributed by atoms with Crippen molar-refractivity contribution in [3.63, 3.8) is 0 Å². The molecule has 1 aromatic carbocycles. The van der Waals surface area contributed by atoms with Crippen LogP contribution in [0.15, 0.2) is 22.7 Å². The predicted molar refractivity (Wildman–Crippen MR) is 60.6 cm³/mol. The highest BCUT2D eigenvalue weighted by molar-refractivity contribution is 9.10. The van der Waals surface area contributed by atoms with E-state index < -0.39 is 23.4 Å². The van der Waals surface area contributed by atoms with Crippen LogP contribution in [0, 0.1) is 0 Å². The Labute approximate surface area is 113 Å². The second kappa shape index (κ2) is 5.44. The third kappa shape index (κ3) is 3.23. The van der Waals surface area contributed by atoms with Gasteiger partial charge in [-0.1, -0.05) is 0 Å².